The zero-order valence-electron chi connectivity index (χ0n) is 19.6. The van der Waals surface area contributed by atoms with Gasteiger partial charge in [-0.05, 0) is 29.8 Å². The minimum atomic E-state index is -0.266. The zero-order chi connectivity index (χ0) is 25.4. The minimum absolute atomic E-state index is 0.0515. The quantitative estimate of drug-likeness (QED) is 0.237. The van der Waals surface area contributed by atoms with Crippen molar-refractivity contribution in [3.8, 4) is 23.1 Å². The number of halogens is 1. The Morgan fingerprint density at radius 3 is 2.78 bits per heavy atom. The van der Waals surface area contributed by atoms with Crippen molar-refractivity contribution in [2.24, 2.45) is 5.16 Å². The lowest BCUT2D eigenvalue weighted by Gasteiger charge is -2.28. The smallest absolute Gasteiger partial charge is 0.228 e. The van der Waals surface area contributed by atoms with Crippen LogP contribution in [0.2, 0.25) is 5.02 Å². The van der Waals surface area contributed by atoms with Crippen LogP contribution >= 0.6 is 11.6 Å². The Hall–Kier alpha value is -4.63. The van der Waals surface area contributed by atoms with Gasteiger partial charge in [-0.25, -0.2) is 14.5 Å². The third-order valence-electron chi connectivity index (χ3n) is 6.05. The number of rotatable bonds is 6. The number of fused-ring (bicyclic) bond motifs is 4. The Labute approximate surface area is 216 Å². The van der Waals surface area contributed by atoms with Gasteiger partial charge < -0.3 is 19.4 Å². The second kappa shape index (κ2) is 9.44. The van der Waals surface area contributed by atoms with E-state index in [0.717, 1.165) is 28.0 Å². The highest BCUT2D eigenvalue weighted by Crippen LogP contribution is 2.48. The molecule has 1 aliphatic rings. The molecule has 0 radical (unpaired) electrons. The zero-order valence-corrected chi connectivity index (χ0v) is 20.3. The van der Waals surface area contributed by atoms with Gasteiger partial charge in [-0.15, -0.1) is 5.10 Å². The fraction of sp³-hybridized carbons (Fsp3) is 0.111. The van der Waals surface area contributed by atoms with Gasteiger partial charge in [-0.1, -0.05) is 53.2 Å². The van der Waals surface area contributed by atoms with Crippen LogP contribution in [0.4, 0.5) is 0 Å². The van der Waals surface area contributed by atoms with E-state index in [1.54, 1.807) is 36.0 Å². The summed E-state index contributed by atoms with van der Waals surface area (Å²) in [4.78, 5) is 14.7. The van der Waals surface area contributed by atoms with E-state index >= 15 is 0 Å². The van der Waals surface area contributed by atoms with Gasteiger partial charge in [0.1, 0.15) is 23.6 Å². The highest BCUT2D eigenvalue weighted by Gasteiger charge is 2.33. The Morgan fingerprint density at radius 1 is 1.14 bits per heavy atom. The molecule has 0 saturated carbocycles. The summed E-state index contributed by atoms with van der Waals surface area (Å²) in [6, 6.07) is 20.2. The van der Waals surface area contributed by atoms with Gasteiger partial charge in [0, 0.05) is 28.1 Å². The number of phenolic OH excluding ortho intramolecular Hbond substituents is 1. The molecular weight excluding hydrogens is 494 g/mol. The molecule has 1 N–H and O–H groups in total. The van der Waals surface area contributed by atoms with E-state index in [0.29, 0.717) is 28.1 Å². The maximum Gasteiger partial charge on any atom is 0.228 e. The van der Waals surface area contributed by atoms with Crippen LogP contribution < -0.4 is 9.47 Å². The number of benzene rings is 3. The van der Waals surface area contributed by atoms with Crippen molar-refractivity contribution < 1.29 is 19.4 Å². The van der Waals surface area contributed by atoms with E-state index in [1.165, 1.54) is 6.33 Å². The van der Waals surface area contributed by atoms with E-state index in [9.17, 15) is 5.11 Å². The SMILES string of the molecule is COc1ccc(C2c3ccc(O)cc3Oc3ncn4nc(CON=Cc5ccccc5Cl)nc4c32)cc1. The number of methoxy groups -OCH3 is 1. The van der Waals surface area contributed by atoms with E-state index in [2.05, 4.69) is 15.2 Å². The molecule has 1 aliphatic heterocycles. The Morgan fingerprint density at radius 2 is 1.97 bits per heavy atom. The molecule has 0 fully saturated rings. The van der Waals surface area contributed by atoms with Gasteiger partial charge >= 0.3 is 0 Å². The molecule has 0 bridgehead atoms. The first-order chi connectivity index (χ1) is 18.1. The van der Waals surface area contributed by atoms with Crippen molar-refractivity contribution >= 4 is 23.5 Å². The Kier molecular flexibility index (Phi) is 5.82. The van der Waals surface area contributed by atoms with E-state index in [1.807, 2.05) is 48.5 Å². The predicted octanol–water partition coefficient (Wildman–Crippen LogP) is 5.33. The number of hydrogen-bond donors (Lipinski definition) is 1. The largest absolute Gasteiger partial charge is 0.508 e. The number of oxime groups is 1. The molecule has 37 heavy (non-hydrogen) atoms. The average Bonchev–Trinajstić information content (AvgIpc) is 3.34. The lowest BCUT2D eigenvalue weighted by molar-refractivity contribution is 0.126. The van der Waals surface area contributed by atoms with E-state index < -0.39 is 0 Å². The molecule has 0 saturated heterocycles. The maximum absolute atomic E-state index is 10.1. The van der Waals surface area contributed by atoms with Crippen LogP contribution in [0.3, 0.4) is 0 Å². The van der Waals surface area contributed by atoms with Crippen LogP contribution in [0.25, 0.3) is 5.65 Å². The molecule has 184 valence electrons. The van der Waals surface area contributed by atoms with Gasteiger partial charge in [0.25, 0.3) is 0 Å². The summed E-state index contributed by atoms with van der Waals surface area (Å²) in [6.07, 6.45) is 3.08. The summed E-state index contributed by atoms with van der Waals surface area (Å²) in [5.41, 5.74) is 3.94. The van der Waals surface area contributed by atoms with Gasteiger partial charge in [-0.2, -0.15) is 0 Å². The van der Waals surface area contributed by atoms with Gasteiger partial charge in [-0.3, -0.25) is 0 Å². The van der Waals surface area contributed by atoms with Crippen molar-refractivity contribution in [1.29, 1.82) is 0 Å². The minimum Gasteiger partial charge on any atom is -0.508 e. The summed E-state index contributed by atoms with van der Waals surface area (Å²) < 4.78 is 13.0. The molecular formula is C27H20ClN5O4. The fourth-order valence-electron chi connectivity index (χ4n) is 4.32. The Balaban J connectivity index is 1.37. The van der Waals surface area contributed by atoms with Crippen molar-refractivity contribution in [3.63, 3.8) is 0 Å². The van der Waals surface area contributed by atoms with Gasteiger partial charge in [0.15, 0.2) is 18.1 Å². The molecule has 0 spiro atoms. The molecule has 2 aromatic heterocycles. The highest BCUT2D eigenvalue weighted by atomic mass is 35.5. The number of aromatic hydroxyl groups is 1. The molecule has 1 atom stereocenters. The van der Waals surface area contributed by atoms with Crippen LogP contribution in [0.1, 0.15) is 34.0 Å². The highest BCUT2D eigenvalue weighted by molar-refractivity contribution is 6.33. The van der Waals surface area contributed by atoms with Crippen LogP contribution in [0.15, 0.2) is 78.2 Å². The molecule has 3 aromatic carbocycles. The van der Waals surface area contributed by atoms with Crippen LogP contribution in [-0.4, -0.2) is 38.0 Å². The monoisotopic (exact) mass is 513 g/mol. The summed E-state index contributed by atoms with van der Waals surface area (Å²) in [5, 5.41) is 19.1. The number of phenols is 1. The molecule has 10 heteroatoms. The lowest BCUT2D eigenvalue weighted by Crippen LogP contribution is -2.15. The first-order valence-electron chi connectivity index (χ1n) is 11.4. The molecule has 9 nitrogen and oxygen atoms in total. The third kappa shape index (κ3) is 4.30. The molecule has 0 amide bonds. The summed E-state index contributed by atoms with van der Waals surface area (Å²) in [7, 11) is 1.63. The van der Waals surface area contributed by atoms with Crippen molar-refractivity contribution in [3.05, 3.63) is 106 Å². The topological polar surface area (TPSA) is 103 Å². The lowest BCUT2D eigenvalue weighted by atomic mass is 9.84. The van der Waals surface area contributed by atoms with E-state index in [4.69, 9.17) is 30.9 Å². The number of ether oxygens (including phenoxy) is 2. The number of hydrogen-bond acceptors (Lipinski definition) is 8. The van der Waals surface area contributed by atoms with E-state index in [-0.39, 0.29) is 18.3 Å². The fourth-order valence-corrected chi connectivity index (χ4v) is 4.50. The molecule has 0 aliphatic carbocycles. The van der Waals surface area contributed by atoms with Crippen LogP contribution in [0.5, 0.6) is 23.1 Å². The van der Waals surface area contributed by atoms with Crippen molar-refractivity contribution in [2.75, 3.05) is 7.11 Å². The van der Waals surface area contributed by atoms with Gasteiger partial charge in [0.05, 0.1) is 18.9 Å². The molecule has 1 unspecified atom stereocenters. The van der Waals surface area contributed by atoms with Gasteiger partial charge in [0.2, 0.25) is 5.88 Å². The normalized spacial score (nSPS) is 14.3. The molecule has 5 aromatic rings. The maximum atomic E-state index is 10.1. The molecule has 3 heterocycles. The molecule has 6 rings (SSSR count). The third-order valence-corrected chi connectivity index (χ3v) is 6.39. The number of nitrogens with zero attached hydrogens (tertiary/aromatic N) is 5. The van der Waals surface area contributed by atoms with Crippen molar-refractivity contribution in [2.45, 2.75) is 12.5 Å². The number of aromatic nitrogens is 4. The second-order valence-electron chi connectivity index (χ2n) is 8.32. The summed E-state index contributed by atoms with van der Waals surface area (Å²) >= 11 is 6.15. The first-order valence-corrected chi connectivity index (χ1v) is 11.8. The average molecular weight is 514 g/mol. The second-order valence-corrected chi connectivity index (χ2v) is 8.73. The standard InChI is InChI=1S/C27H20ClN5O4/c1-35-19-9-6-16(7-10-19)24-20-11-8-18(34)12-22(20)37-27-25(24)26-31-23(32-33(26)15-29-27)14-36-30-13-17-4-2-3-5-21(17)28/h2-13,15,24,34H,14H2,1H3. The predicted molar refractivity (Wildman–Crippen MR) is 137 cm³/mol. The summed E-state index contributed by atoms with van der Waals surface area (Å²) in [6.45, 7) is 0.0515. The van der Waals surface area contributed by atoms with Crippen molar-refractivity contribution in [1.82, 2.24) is 19.6 Å². The summed E-state index contributed by atoms with van der Waals surface area (Å²) in [5.74, 6) is 1.94. The van der Waals surface area contributed by atoms with Crippen LogP contribution in [0, 0.1) is 0 Å². The van der Waals surface area contributed by atoms with Crippen LogP contribution in [-0.2, 0) is 11.4 Å². The first kappa shape index (κ1) is 22.8. The Bertz CT molecular complexity index is 1630.